The van der Waals surface area contributed by atoms with Gasteiger partial charge in [-0.3, -0.25) is 9.78 Å². The van der Waals surface area contributed by atoms with Crippen molar-refractivity contribution in [3.8, 4) is 0 Å². The van der Waals surface area contributed by atoms with E-state index in [1.165, 1.54) is 6.26 Å². The molecule has 3 heterocycles. The summed E-state index contributed by atoms with van der Waals surface area (Å²) in [5.41, 5.74) is -0.781. The van der Waals surface area contributed by atoms with Crippen LogP contribution in [0.2, 0.25) is 0 Å². The lowest BCUT2D eigenvalue weighted by molar-refractivity contribution is 0.0574. The molecule has 1 saturated heterocycles. The van der Waals surface area contributed by atoms with Crippen LogP contribution in [0, 0.1) is 6.92 Å². The Hall–Kier alpha value is -2.48. The molecule has 0 spiro atoms. The van der Waals surface area contributed by atoms with Gasteiger partial charge in [0, 0.05) is 39.0 Å². The van der Waals surface area contributed by atoms with Gasteiger partial charge in [-0.2, -0.15) is 0 Å². The summed E-state index contributed by atoms with van der Waals surface area (Å²) in [6, 6.07) is 0. The van der Waals surface area contributed by atoms with E-state index in [0.717, 1.165) is 5.82 Å². The Kier molecular flexibility index (Phi) is 3.76. The Morgan fingerprint density at radius 2 is 2.41 bits per heavy atom. The molecule has 0 aliphatic carbocycles. The number of oxazole rings is 1. The number of rotatable bonds is 4. The van der Waals surface area contributed by atoms with E-state index in [1.807, 2.05) is 4.90 Å². The summed E-state index contributed by atoms with van der Waals surface area (Å²) in [6.45, 7) is 2.87. The third-order valence-electron chi connectivity index (χ3n) is 3.64. The summed E-state index contributed by atoms with van der Waals surface area (Å²) >= 11 is 0. The molecule has 8 heteroatoms. The van der Waals surface area contributed by atoms with Crippen LogP contribution in [0.25, 0.3) is 0 Å². The summed E-state index contributed by atoms with van der Waals surface area (Å²) < 4.78 is 5.00. The SMILES string of the molecule is Cc1nc(C(=O)NCC2(O)CCN(c3cnccn3)C2)co1. The van der Waals surface area contributed by atoms with Crippen molar-refractivity contribution in [2.45, 2.75) is 18.9 Å². The summed E-state index contributed by atoms with van der Waals surface area (Å²) in [5.74, 6) is 0.790. The topological polar surface area (TPSA) is 104 Å². The molecule has 1 fully saturated rings. The second-order valence-corrected chi connectivity index (χ2v) is 5.39. The van der Waals surface area contributed by atoms with Gasteiger partial charge in [0.1, 0.15) is 17.7 Å². The molecule has 2 aromatic rings. The van der Waals surface area contributed by atoms with Gasteiger partial charge in [0.15, 0.2) is 11.6 Å². The lowest BCUT2D eigenvalue weighted by atomic mass is 10.0. The minimum Gasteiger partial charge on any atom is -0.448 e. The van der Waals surface area contributed by atoms with Crippen molar-refractivity contribution < 1.29 is 14.3 Å². The van der Waals surface area contributed by atoms with Crippen LogP contribution in [-0.4, -0.2) is 51.2 Å². The highest BCUT2D eigenvalue weighted by molar-refractivity contribution is 5.91. The van der Waals surface area contributed by atoms with Crippen LogP contribution in [0.5, 0.6) is 0 Å². The Balaban J connectivity index is 1.58. The van der Waals surface area contributed by atoms with E-state index in [-0.39, 0.29) is 18.1 Å². The highest BCUT2D eigenvalue weighted by atomic mass is 16.3. The van der Waals surface area contributed by atoms with E-state index < -0.39 is 5.60 Å². The molecule has 0 aromatic carbocycles. The average molecular weight is 303 g/mol. The molecular formula is C14H17N5O3. The van der Waals surface area contributed by atoms with Gasteiger partial charge in [0.05, 0.1) is 6.20 Å². The Bertz CT molecular complexity index is 660. The van der Waals surface area contributed by atoms with Gasteiger partial charge in [-0.15, -0.1) is 0 Å². The number of carbonyl (C=O) groups excluding carboxylic acids is 1. The fraction of sp³-hybridized carbons (Fsp3) is 0.429. The normalized spacial score (nSPS) is 21.1. The first-order valence-electron chi connectivity index (χ1n) is 6.99. The standard InChI is InChI=1S/C14H17N5O3/c1-10-18-11(7-22-10)13(20)17-8-14(21)2-5-19(9-14)12-6-15-3-4-16-12/h3-4,6-7,21H,2,5,8-9H2,1H3,(H,17,20). The molecule has 3 rings (SSSR count). The van der Waals surface area contributed by atoms with E-state index in [9.17, 15) is 9.90 Å². The number of nitrogens with one attached hydrogen (secondary N) is 1. The van der Waals surface area contributed by atoms with Crippen molar-refractivity contribution in [3.05, 3.63) is 36.4 Å². The second kappa shape index (κ2) is 5.72. The molecule has 1 atom stereocenters. The van der Waals surface area contributed by atoms with Gasteiger partial charge in [-0.05, 0) is 6.42 Å². The van der Waals surface area contributed by atoms with Crippen LogP contribution >= 0.6 is 0 Å². The highest BCUT2D eigenvalue weighted by Crippen LogP contribution is 2.24. The van der Waals surface area contributed by atoms with Crippen molar-refractivity contribution in [2.75, 3.05) is 24.5 Å². The number of aromatic nitrogens is 3. The van der Waals surface area contributed by atoms with Crippen molar-refractivity contribution >= 4 is 11.7 Å². The van der Waals surface area contributed by atoms with E-state index in [2.05, 4.69) is 20.3 Å². The predicted octanol–water partition coefficient (Wildman–Crippen LogP) is 0.144. The first kappa shape index (κ1) is 14.5. The zero-order chi connectivity index (χ0) is 15.6. The first-order chi connectivity index (χ1) is 10.6. The largest absolute Gasteiger partial charge is 0.448 e. The fourth-order valence-electron chi connectivity index (χ4n) is 2.45. The van der Waals surface area contributed by atoms with Gasteiger partial charge in [0.25, 0.3) is 5.91 Å². The van der Waals surface area contributed by atoms with E-state index in [0.29, 0.717) is 25.4 Å². The monoisotopic (exact) mass is 303 g/mol. The molecule has 0 bridgehead atoms. The number of hydrogen-bond acceptors (Lipinski definition) is 7. The van der Waals surface area contributed by atoms with Crippen LogP contribution in [0.4, 0.5) is 5.82 Å². The summed E-state index contributed by atoms with van der Waals surface area (Å²) in [5, 5.41) is 13.3. The maximum Gasteiger partial charge on any atom is 0.273 e. The number of β-amino-alcohol motifs (C(OH)–C–C–N with tert-alkyl or cyclic N) is 1. The lowest BCUT2D eigenvalue weighted by Gasteiger charge is -2.23. The summed E-state index contributed by atoms with van der Waals surface area (Å²) in [7, 11) is 0. The van der Waals surface area contributed by atoms with Crippen molar-refractivity contribution in [1.29, 1.82) is 0 Å². The molecule has 1 amide bonds. The lowest BCUT2D eigenvalue weighted by Crippen LogP contribution is -2.45. The molecule has 116 valence electrons. The van der Waals surface area contributed by atoms with Crippen molar-refractivity contribution in [1.82, 2.24) is 20.3 Å². The van der Waals surface area contributed by atoms with Crippen LogP contribution in [0.15, 0.2) is 29.3 Å². The van der Waals surface area contributed by atoms with E-state index in [4.69, 9.17) is 4.42 Å². The zero-order valence-electron chi connectivity index (χ0n) is 12.2. The smallest absolute Gasteiger partial charge is 0.273 e. The predicted molar refractivity (Wildman–Crippen MR) is 77.4 cm³/mol. The van der Waals surface area contributed by atoms with Gasteiger partial charge in [-0.1, -0.05) is 0 Å². The van der Waals surface area contributed by atoms with Gasteiger partial charge in [-0.25, -0.2) is 9.97 Å². The number of aryl methyl sites for hydroxylation is 1. The molecule has 1 unspecified atom stereocenters. The van der Waals surface area contributed by atoms with Crippen LogP contribution in [-0.2, 0) is 0 Å². The van der Waals surface area contributed by atoms with E-state index in [1.54, 1.807) is 25.5 Å². The molecule has 2 N–H and O–H groups in total. The molecule has 22 heavy (non-hydrogen) atoms. The fourth-order valence-corrected chi connectivity index (χ4v) is 2.45. The van der Waals surface area contributed by atoms with Crippen LogP contribution in [0.1, 0.15) is 22.8 Å². The molecule has 2 aromatic heterocycles. The Morgan fingerprint density at radius 1 is 1.55 bits per heavy atom. The molecule has 0 radical (unpaired) electrons. The Labute approximate surface area is 127 Å². The third-order valence-corrected chi connectivity index (χ3v) is 3.64. The first-order valence-corrected chi connectivity index (χ1v) is 6.99. The summed E-state index contributed by atoms with van der Waals surface area (Å²) in [4.78, 5) is 26.1. The molecule has 1 aliphatic rings. The van der Waals surface area contributed by atoms with Gasteiger partial charge < -0.3 is 19.7 Å². The maximum absolute atomic E-state index is 11.9. The van der Waals surface area contributed by atoms with E-state index >= 15 is 0 Å². The minimum absolute atomic E-state index is 0.147. The molecule has 8 nitrogen and oxygen atoms in total. The maximum atomic E-state index is 11.9. The zero-order valence-corrected chi connectivity index (χ0v) is 12.2. The second-order valence-electron chi connectivity index (χ2n) is 5.39. The van der Waals surface area contributed by atoms with Gasteiger partial charge in [0.2, 0.25) is 0 Å². The van der Waals surface area contributed by atoms with Gasteiger partial charge >= 0.3 is 0 Å². The minimum atomic E-state index is -0.994. The quantitative estimate of drug-likeness (QED) is 0.828. The number of anilines is 1. The highest BCUT2D eigenvalue weighted by Gasteiger charge is 2.37. The van der Waals surface area contributed by atoms with Crippen molar-refractivity contribution in [2.24, 2.45) is 0 Å². The number of carbonyl (C=O) groups is 1. The molecule has 0 saturated carbocycles. The molecular weight excluding hydrogens is 286 g/mol. The third kappa shape index (κ3) is 3.06. The summed E-state index contributed by atoms with van der Waals surface area (Å²) in [6.07, 6.45) is 6.71. The van der Waals surface area contributed by atoms with Crippen molar-refractivity contribution in [3.63, 3.8) is 0 Å². The number of amides is 1. The number of nitrogens with zero attached hydrogens (tertiary/aromatic N) is 4. The number of aliphatic hydroxyl groups is 1. The Morgan fingerprint density at radius 3 is 3.09 bits per heavy atom. The number of hydrogen-bond donors (Lipinski definition) is 2. The van der Waals surface area contributed by atoms with Crippen LogP contribution < -0.4 is 10.2 Å². The van der Waals surface area contributed by atoms with Crippen LogP contribution in [0.3, 0.4) is 0 Å². The molecule has 1 aliphatic heterocycles. The average Bonchev–Trinajstić information content (AvgIpc) is 3.13.